The molecule has 1 atom stereocenters. The van der Waals surface area contributed by atoms with Gasteiger partial charge in [-0.05, 0) is 0 Å². The standard InChI is InChI=1S/C8H13N3O4S/c12-8(1-2-15-5-8)4-11-16(13,14)7-3-9-6-10-7/h3,6,11-12H,1-2,4-5H2,(H,9,10). The normalized spacial score (nSPS) is 26.1. The van der Waals surface area contributed by atoms with Gasteiger partial charge in [0, 0.05) is 19.6 Å². The average Bonchev–Trinajstić information content (AvgIpc) is 2.86. The molecule has 0 amide bonds. The summed E-state index contributed by atoms with van der Waals surface area (Å²) in [4.78, 5) is 6.11. The second-order valence-corrected chi connectivity index (χ2v) is 5.50. The number of aromatic nitrogens is 2. The Morgan fingerprint density at radius 2 is 2.50 bits per heavy atom. The fourth-order valence-electron chi connectivity index (χ4n) is 1.43. The molecule has 2 rings (SSSR count). The maximum Gasteiger partial charge on any atom is 0.257 e. The maximum absolute atomic E-state index is 11.7. The Balaban J connectivity index is 2.00. The van der Waals surface area contributed by atoms with Crippen LogP contribution < -0.4 is 4.72 Å². The zero-order valence-electron chi connectivity index (χ0n) is 8.51. The highest BCUT2D eigenvalue weighted by atomic mass is 32.2. The molecule has 0 aromatic carbocycles. The highest BCUT2D eigenvalue weighted by Crippen LogP contribution is 2.17. The third kappa shape index (κ3) is 2.40. The minimum Gasteiger partial charge on any atom is -0.386 e. The molecule has 90 valence electrons. The smallest absolute Gasteiger partial charge is 0.257 e. The third-order valence-corrected chi connectivity index (χ3v) is 3.76. The molecule has 1 saturated heterocycles. The molecule has 1 aromatic heterocycles. The summed E-state index contributed by atoms with van der Waals surface area (Å²) >= 11 is 0. The monoisotopic (exact) mass is 247 g/mol. The highest BCUT2D eigenvalue weighted by Gasteiger charge is 2.33. The fraction of sp³-hybridized carbons (Fsp3) is 0.625. The fourth-order valence-corrected chi connectivity index (χ4v) is 2.45. The number of sulfonamides is 1. The Hall–Kier alpha value is -0.960. The van der Waals surface area contributed by atoms with Gasteiger partial charge in [-0.15, -0.1) is 0 Å². The van der Waals surface area contributed by atoms with E-state index in [1.165, 1.54) is 12.5 Å². The number of nitrogens with one attached hydrogen (secondary N) is 2. The van der Waals surface area contributed by atoms with Crippen LogP contribution >= 0.6 is 0 Å². The number of hydrogen-bond acceptors (Lipinski definition) is 5. The van der Waals surface area contributed by atoms with Crippen LogP contribution in [-0.4, -0.2) is 48.9 Å². The van der Waals surface area contributed by atoms with E-state index in [-0.39, 0.29) is 18.2 Å². The van der Waals surface area contributed by atoms with Gasteiger partial charge in [-0.25, -0.2) is 18.1 Å². The minimum atomic E-state index is -3.63. The van der Waals surface area contributed by atoms with Gasteiger partial charge in [-0.3, -0.25) is 0 Å². The lowest BCUT2D eigenvalue weighted by atomic mass is 10.1. The van der Waals surface area contributed by atoms with Crippen LogP contribution in [0.2, 0.25) is 0 Å². The molecule has 1 unspecified atom stereocenters. The van der Waals surface area contributed by atoms with Crippen LogP contribution in [0.1, 0.15) is 6.42 Å². The summed E-state index contributed by atoms with van der Waals surface area (Å²) in [5, 5.41) is 9.86. The van der Waals surface area contributed by atoms with Crippen molar-refractivity contribution < 1.29 is 18.3 Å². The van der Waals surface area contributed by atoms with E-state index in [0.717, 1.165) is 0 Å². The van der Waals surface area contributed by atoms with E-state index in [0.29, 0.717) is 13.0 Å². The Morgan fingerprint density at radius 1 is 1.69 bits per heavy atom. The van der Waals surface area contributed by atoms with E-state index in [1.807, 2.05) is 0 Å². The lowest BCUT2D eigenvalue weighted by molar-refractivity contribution is 0.0314. The number of nitrogens with zero attached hydrogens (tertiary/aromatic N) is 1. The first-order chi connectivity index (χ1) is 7.52. The van der Waals surface area contributed by atoms with E-state index in [1.54, 1.807) is 0 Å². The molecule has 0 saturated carbocycles. The zero-order chi connectivity index (χ0) is 11.6. The number of H-pyrrole nitrogens is 1. The van der Waals surface area contributed by atoms with Crippen molar-refractivity contribution in [2.75, 3.05) is 19.8 Å². The van der Waals surface area contributed by atoms with Crippen molar-refractivity contribution in [2.45, 2.75) is 17.0 Å². The van der Waals surface area contributed by atoms with Crippen molar-refractivity contribution >= 4 is 10.0 Å². The first-order valence-electron chi connectivity index (χ1n) is 4.80. The molecular formula is C8H13N3O4S. The van der Waals surface area contributed by atoms with Crippen LogP contribution in [-0.2, 0) is 14.8 Å². The summed E-state index contributed by atoms with van der Waals surface area (Å²) in [7, 11) is -3.63. The second-order valence-electron chi connectivity index (χ2n) is 3.77. The van der Waals surface area contributed by atoms with Crippen LogP contribution in [0, 0.1) is 0 Å². The Labute approximate surface area is 92.9 Å². The Bertz CT molecular complexity index is 436. The lowest BCUT2D eigenvalue weighted by Gasteiger charge is -2.20. The third-order valence-electron chi connectivity index (χ3n) is 2.44. The van der Waals surface area contributed by atoms with Gasteiger partial charge in [0.1, 0.15) is 5.60 Å². The van der Waals surface area contributed by atoms with Crippen LogP contribution in [0.15, 0.2) is 17.6 Å². The number of aliphatic hydroxyl groups is 1. The number of ether oxygens (including phenoxy) is 1. The minimum absolute atomic E-state index is 0.0185. The first kappa shape index (κ1) is 11.5. The van der Waals surface area contributed by atoms with Crippen LogP contribution in [0.4, 0.5) is 0 Å². The van der Waals surface area contributed by atoms with E-state index < -0.39 is 15.6 Å². The summed E-state index contributed by atoms with van der Waals surface area (Å²) in [5.41, 5.74) is -1.10. The van der Waals surface area contributed by atoms with Gasteiger partial charge in [0.05, 0.1) is 19.1 Å². The summed E-state index contributed by atoms with van der Waals surface area (Å²) < 4.78 is 30.6. The van der Waals surface area contributed by atoms with Crippen LogP contribution in [0.5, 0.6) is 0 Å². The van der Waals surface area contributed by atoms with Gasteiger partial charge in [0.15, 0.2) is 5.03 Å². The molecule has 1 aromatic rings. The molecule has 0 bridgehead atoms. The van der Waals surface area contributed by atoms with E-state index in [9.17, 15) is 13.5 Å². The molecule has 16 heavy (non-hydrogen) atoms. The zero-order valence-corrected chi connectivity index (χ0v) is 9.33. The van der Waals surface area contributed by atoms with Crippen molar-refractivity contribution in [2.24, 2.45) is 0 Å². The predicted octanol–water partition coefficient (Wildman–Crippen LogP) is -1.16. The van der Waals surface area contributed by atoms with Gasteiger partial charge in [0.2, 0.25) is 0 Å². The van der Waals surface area contributed by atoms with E-state index in [2.05, 4.69) is 14.7 Å². The lowest BCUT2D eigenvalue weighted by Crippen LogP contribution is -2.43. The van der Waals surface area contributed by atoms with Crippen molar-refractivity contribution in [1.82, 2.24) is 14.7 Å². The molecule has 3 N–H and O–H groups in total. The summed E-state index contributed by atoms with van der Waals surface area (Å²) in [5.74, 6) is 0. The van der Waals surface area contributed by atoms with Crippen molar-refractivity contribution in [1.29, 1.82) is 0 Å². The Kier molecular flexibility index (Phi) is 2.98. The van der Waals surface area contributed by atoms with E-state index in [4.69, 9.17) is 4.74 Å². The first-order valence-corrected chi connectivity index (χ1v) is 6.28. The molecule has 2 heterocycles. The Morgan fingerprint density at radius 3 is 3.06 bits per heavy atom. The summed E-state index contributed by atoms with van der Waals surface area (Å²) in [6.07, 6.45) is 2.91. The van der Waals surface area contributed by atoms with Gasteiger partial charge >= 0.3 is 0 Å². The molecule has 1 aliphatic rings. The molecule has 7 nitrogen and oxygen atoms in total. The van der Waals surface area contributed by atoms with Gasteiger partial charge in [-0.2, -0.15) is 0 Å². The summed E-state index contributed by atoms with van der Waals surface area (Å²) in [6, 6.07) is 0. The van der Waals surface area contributed by atoms with Crippen molar-refractivity contribution in [3.63, 3.8) is 0 Å². The van der Waals surface area contributed by atoms with Gasteiger partial charge in [0.25, 0.3) is 10.0 Å². The number of imidazole rings is 1. The van der Waals surface area contributed by atoms with Crippen LogP contribution in [0.25, 0.3) is 0 Å². The predicted molar refractivity (Wildman–Crippen MR) is 54.2 cm³/mol. The highest BCUT2D eigenvalue weighted by molar-refractivity contribution is 7.89. The van der Waals surface area contributed by atoms with Crippen LogP contribution in [0.3, 0.4) is 0 Å². The maximum atomic E-state index is 11.7. The molecular weight excluding hydrogens is 234 g/mol. The largest absolute Gasteiger partial charge is 0.386 e. The molecule has 0 radical (unpaired) electrons. The van der Waals surface area contributed by atoms with Gasteiger partial charge in [-0.1, -0.05) is 0 Å². The second kappa shape index (κ2) is 4.13. The number of aromatic amines is 1. The molecule has 0 spiro atoms. The molecule has 8 heteroatoms. The van der Waals surface area contributed by atoms with Crippen molar-refractivity contribution in [3.8, 4) is 0 Å². The molecule has 0 aliphatic carbocycles. The van der Waals surface area contributed by atoms with E-state index >= 15 is 0 Å². The summed E-state index contributed by atoms with van der Waals surface area (Å²) in [6.45, 7) is 0.537. The quantitative estimate of drug-likeness (QED) is 0.622. The van der Waals surface area contributed by atoms with Crippen molar-refractivity contribution in [3.05, 3.63) is 12.5 Å². The number of hydrogen-bond donors (Lipinski definition) is 3. The average molecular weight is 247 g/mol. The number of rotatable bonds is 4. The topological polar surface area (TPSA) is 104 Å². The molecule has 1 aliphatic heterocycles. The van der Waals surface area contributed by atoms with Gasteiger partial charge < -0.3 is 14.8 Å². The SMILES string of the molecule is O=S(=O)(NCC1(O)CCOC1)c1cnc[nH]1. The molecule has 1 fully saturated rings.